The molecule has 0 atom stereocenters. The van der Waals surface area contributed by atoms with E-state index >= 15 is 0 Å². The Labute approximate surface area is 80.9 Å². The highest BCUT2D eigenvalue weighted by Crippen LogP contribution is 2.20. The van der Waals surface area contributed by atoms with E-state index in [1.54, 1.807) is 32.2 Å². The van der Waals surface area contributed by atoms with Gasteiger partial charge in [0.2, 0.25) is 11.7 Å². The number of hydrogen-bond acceptors (Lipinski definition) is 5. The first-order valence-electron chi connectivity index (χ1n) is 4.24. The summed E-state index contributed by atoms with van der Waals surface area (Å²) in [4.78, 5) is 4.13. The molecule has 2 aromatic heterocycles. The van der Waals surface area contributed by atoms with Crippen LogP contribution in [0.4, 0.5) is 0 Å². The molecular formula is C9H11N3O2. The van der Waals surface area contributed by atoms with E-state index in [0.717, 1.165) is 0 Å². The normalized spacial score (nSPS) is 11.9. The van der Waals surface area contributed by atoms with Gasteiger partial charge in [-0.3, -0.25) is 0 Å². The predicted octanol–water partition coefficient (Wildman–Crippen LogP) is 1.52. The standard InChI is InChI=1S/C9H11N3O2/c1-9(2,10)8-11-7(12-14-8)6-4-3-5-13-6/h3-5H,10H2,1-2H3. The van der Waals surface area contributed by atoms with Gasteiger partial charge in [0.25, 0.3) is 0 Å². The number of aromatic nitrogens is 2. The smallest absolute Gasteiger partial charge is 0.246 e. The molecule has 0 aromatic carbocycles. The van der Waals surface area contributed by atoms with Gasteiger partial charge in [-0.15, -0.1) is 0 Å². The molecule has 0 unspecified atom stereocenters. The lowest BCUT2D eigenvalue weighted by Crippen LogP contribution is -2.28. The molecule has 0 fully saturated rings. The van der Waals surface area contributed by atoms with Crippen LogP contribution < -0.4 is 5.73 Å². The Morgan fingerprint density at radius 3 is 2.71 bits per heavy atom. The third-order valence-electron chi connectivity index (χ3n) is 1.72. The molecule has 14 heavy (non-hydrogen) atoms. The third kappa shape index (κ3) is 1.54. The molecule has 74 valence electrons. The van der Waals surface area contributed by atoms with Gasteiger partial charge in [-0.1, -0.05) is 5.16 Å². The zero-order valence-corrected chi connectivity index (χ0v) is 8.02. The summed E-state index contributed by atoms with van der Waals surface area (Å²) < 4.78 is 10.1. The molecule has 0 aliphatic heterocycles. The Kier molecular flexibility index (Phi) is 1.89. The van der Waals surface area contributed by atoms with Crippen molar-refractivity contribution in [3.63, 3.8) is 0 Å². The van der Waals surface area contributed by atoms with Crippen molar-refractivity contribution >= 4 is 0 Å². The highest BCUT2D eigenvalue weighted by atomic mass is 16.5. The van der Waals surface area contributed by atoms with Crippen molar-refractivity contribution in [3.05, 3.63) is 24.3 Å². The van der Waals surface area contributed by atoms with E-state index in [1.165, 1.54) is 0 Å². The summed E-state index contributed by atoms with van der Waals surface area (Å²) in [5.41, 5.74) is 5.17. The highest BCUT2D eigenvalue weighted by molar-refractivity contribution is 5.44. The van der Waals surface area contributed by atoms with Gasteiger partial charge in [0.1, 0.15) is 0 Å². The molecule has 5 heteroatoms. The number of rotatable bonds is 2. The number of nitrogens with zero attached hydrogens (tertiary/aromatic N) is 2. The summed E-state index contributed by atoms with van der Waals surface area (Å²) >= 11 is 0. The minimum absolute atomic E-state index is 0.393. The molecule has 0 amide bonds. The summed E-state index contributed by atoms with van der Waals surface area (Å²) in [6.45, 7) is 3.60. The van der Waals surface area contributed by atoms with Crippen LogP contribution in [0.5, 0.6) is 0 Å². The molecule has 0 aliphatic rings. The van der Waals surface area contributed by atoms with E-state index in [1.807, 2.05) is 0 Å². The fourth-order valence-electron chi connectivity index (χ4n) is 0.991. The monoisotopic (exact) mass is 193 g/mol. The van der Waals surface area contributed by atoms with Crippen LogP contribution >= 0.6 is 0 Å². The topological polar surface area (TPSA) is 78.1 Å². The fraction of sp³-hybridized carbons (Fsp3) is 0.333. The molecule has 0 saturated carbocycles. The SMILES string of the molecule is CC(C)(N)c1nc(-c2ccco2)no1. The third-order valence-corrected chi connectivity index (χ3v) is 1.72. The van der Waals surface area contributed by atoms with Gasteiger partial charge in [0, 0.05) is 0 Å². The van der Waals surface area contributed by atoms with Crippen molar-refractivity contribution in [2.24, 2.45) is 5.73 Å². The number of nitrogens with two attached hydrogens (primary N) is 1. The molecule has 2 aromatic rings. The maximum atomic E-state index is 5.80. The lowest BCUT2D eigenvalue weighted by atomic mass is 10.1. The van der Waals surface area contributed by atoms with E-state index < -0.39 is 5.54 Å². The maximum absolute atomic E-state index is 5.80. The van der Waals surface area contributed by atoms with E-state index in [2.05, 4.69) is 10.1 Å². The maximum Gasteiger partial charge on any atom is 0.246 e. The predicted molar refractivity (Wildman–Crippen MR) is 49.2 cm³/mol. The second kappa shape index (κ2) is 2.95. The quantitative estimate of drug-likeness (QED) is 0.782. The Bertz CT molecular complexity index is 411. The van der Waals surface area contributed by atoms with Crippen LogP contribution in [0.15, 0.2) is 27.3 Å². The number of furan rings is 1. The second-order valence-corrected chi connectivity index (χ2v) is 3.62. The molecule has 0 saturated heterocycles. The van der Waals surface area contributed by atoms with Crippen LogP contribution in [-0.4, -0.2) is 10.1 Å². The van der Waals surface area contributed by atoms with Gasteiger partial charge in [-0.2, -0.15) is 4.98 Å². The van der Waals surface area contributed by atoms with Gasteiger partial charge < -0.3 is 14.7 Å². The van der Waals surface area contributed by atoms with Crippen LogP contribution in [0.1, 0.15) is 19.7 Å². The largest absolute Gasteiger partial charge is 0.461 e. The molecule has 2 N–H and O–H groups in total. The summed E-state index contributed by atoms with van der Waals surface area (Å²) in [5.74, 6) is 1.39. The van der Waals surface area contributed by atoms with Crippen molar-refractivity contribution in [1.82, 2.24) is 10.1 Å². The van der Waals surface area contributed by atoms with E-state index in [9.17, 15) is 0 Å². The Hall–Kier alpha value is -1.62. The molecule has 2 heterocycles. The zero-order chi connectivity index (χ0) is 10.2. The lowest BCUT2D eigenvalue weighted by molar-refractivity contribution is 0.312. The molecule has 0 radical (unpaired) electrons. The van der Waals surface area contributed by atoms with Crippen molar-refractivity contribution in [2.45, 2.75) is 19.4 Å². The van der Waals surface area contributed by atoms with Crippen molar-refractivity contribution in [2.75, 3.05) is 0 Å². The van der Waals surface area contributed by atoms with Crippen molar-refractivity contribution < 1.29 is 8.94 Å². The molecule has 2 rings (SSSR count). The van der Waals surface area contributed by atoms with Gasteiger partial charge in [-0.05, 0) is 26.0 Å². The minimum Gasteiger partial charge on any atom is -0.461 e. The van der Waals surface area contributed by atoms with E-state index in [0.29, 0.717) is 17.5 Å². The van der Waals surface area contributed by atoms with Gasteiger partial charge >= 0.3 is 0 Å². The highest BCUT2D eigenvalue weighted by Gasteiger charge is 2.23. The van der Waals surface area contributed by atoms with Crippen LogP contribution in [0.25, 0.3) is 11.6 Å². The fourth-order valence-corrected chi connectivity index (χ4v) is 0.991. The van der Waals surface area contributed by atoms with Gasteiger partial charge in [0.15, 0.2) is 5.76 Å². The van der Waals surface area contributed by atoms with Gasteiger partial charge in [-0.25, -0.2) is 0 Å². The Morgan fingerprint density at radius 1 is 1.43 bits per heavy atom. The minimum atomic E-state index is -0.627. The first-order chi connectivity index (χ1) is 6.57. The van der Waals surface area contributed by atoms with Crippen LogP contribution in [0.2, 0.25) is 0 Å². The summed E-state index contributed by atoms with van der Waals surface area (Å²) in [6, 6.07) is 3.52. The molecule has 0 spiro atoms. The van der Waals surface area contributed by atoms with Crippen LogP contribution in [-0.2, 0) is 5.54 Å². The number of hydrogen-bond donors (Lipinski definition) is 1. The Balaban J connectivity index is 2.36. The summed E-state index contributed by atoms with van der Waals surface area (Å²) in [7, 11) is 0. The van der Waals surface area contributed by atoms with Crippen LogP contribution in [0.3, 0.4) is 0 Å². The van der Waals surface area contributed by atoms with Crippen LogP contribution in [0, 0.1) is 0 Å². The van der Waals surface area contributed by atoms with E-state index in [-0.39, 0.29) is 0 Å². The van der Waals surface area contributed by atoms with Gasteiger partial charge in [0.05, 0.1) is 11.8 Å². The molecule has 5 nitrogen and oxygen atoms in total. The zero-order valence-electron chi connectivity index (χ0n) is 8.02. The average Bonchev–Trinajstić information content (AvgIpc) is 2.73. The summed E-state index contributed by atoms with van der Waals surface area (Å²) in [5, 5.41) is 3.77. The lowest BCUT2D eigenvalue weighted by Gasteiger charge is -2.10. The average molecular weight is 193 g/mol. The molecular weight excluding hydrogens is 182 g/mol. The first kappa shape index (κ1) is 8.96. The molecule has 0 bridgehead atoms. The second-order valence-electron chi connectivity index (χ2n) is 3.62. The van der Waals surface area contributed by atoms with E-state index in [4.69, 9.17) is 14.7 Å². The van der Waals surface area contributed by atoms with Crippen molar-refractivity contribution in [1.29, 1.82) is 0 Å². The Morgan fingerprint density at radius 2 is 2.21 bits per heavy atom. The summed E-state index contributed by atoms with van der Waals surface area (Å²) in [6.07, 6.45) is 1.55. The molecule has 0 aliphatic carbocycles. The van der Waals surface area contributed by atoms with Crippen molar-refractivity contribution in [3.8, 4) is 11.6 Å². The first-order valence-corrected chi connectivity index (χ1v) is 4.24.